The fourth-order valence-electron chi connectivity index (χ4n) is 5.58. The van der Waals surface area contributed by atoms with E-state index in [1.165, 1.54) is 16.0 Å². The van der Waals surface area contributed by atoms with Gasteiger partial charge in [-0.05, 0) is 54.2 Å². The number of β-amino-alcohol motifs (C(OH)–C–C–N with tert-alkyl or cyclic N) is 1. The number of rotatable bonds is 5. The molecule has 2 aromatic rings. The molecule has 3 heterocycles. The van der Waals surface area contributed by atoms with Crippen LogP contribution in [-0.4, -0.2) is 95.4 Å². The Bertz CT molecular complexity index is 1090. The SMILES string of the molecule is O=C(O)N1CCCN(c2ccc3c(c2)CCN(CC(O)CN2CCc4ccccc4C2)C3=O)CC1. The van der Waals surface area contributed by atoms with E-state index < -0.39 is 12.2 Å². The van der Waals surface area contributed by atoms with E-state index in [-0.39, 0.29) is 5.91 Å². The first kappa shape index (κ1) is 23.6. The molecule has 0 bridgehead atoms. The number of nitrogens with zero attached hydrogens (tertiary/aromatic N) is 4. The van der Waals surface area contributed by atoms with Crippen molar-refractivity contribution in [2.75, 3.05) is 57.3 Å². The topological polar surface area (TPSA) is 87.6 Å². The molecule has 35 heavy (non-hydrogen) atoms. The van der Waals surface area contributed by atoms with E-state index >= 15 is 0 Å². The first-order chi connectivity index (χ1) is 17.0. The third-order valence-corrected chi connectivity index (χ3v) is 7.50. The minimum atomic E-state index is -0.865. The van der Waals surface area contributed by atoms with Gasteiger partial charge in [0.1, 0.15) is 0 Å². The highest BCUT2D eigenvalue weighted by molar-refractivity contribution is 5.97. The van der Waals surface area contributed by atoms with Gasteiger partial charge in [0.2, 0.25) is 0 Å². The van der Waals surface area contributed by atoms with Crippen molar-refractivity contribution in [2.24, 2.45) is 0 Å². The molecular formula is C27H34N4O4. The molecule has 3 aliphatic heterocycles. The molecule has 0 radical (unpaired) electrons. The van der Waals surface area contributed by atoms with Crippen molar-refractivity contribution in [3.05, 3.63) is 64.7 Å². The first-order valence-corrected chi connectivity index (χ1v) is 12.6. The summed E-state index contributed by atoms with van der Waals surface area (Å²) in [5, 5.41) is 20.1. The highest BCUT2D eigenvalue weighted by Gasteiger charge is 2.28. The molecular weight excluding hydrogens is 444 g/mol. The highest BCUT2D eigenvalue weighted by Crippen LogP contribution is 2.26. The van der Waals surface area contributed by atoms with Crippen molar-refractivity contribution < 1.29 is 19.8 Å². The zero-order chi connectivity index (χ0) is 24.4. The van der Waals surface area contributed by atoms with E-state index in [1.54, 1.807) is 4.90 Å². The van der Waals surface area contributed by atoms with Gasteiger partial charge >= 0.3 is 6.09 Å². The zero-order valence-electron chi connectivity index (χ0n) is 20.1. The minimum absolute atomic E-state index is 0.0197. The lowest BCUT2D eigenvalue weighted by Crippen LogP contribution is -2.46. The number of fused-ring (bicyclic) bond motifs is 2. The second-order valence-electron chi connectivity index (χ2n) is 9.86. The minimum Gasteiger partial charge on any atom is -0.465 e. The van der Waals surface area contributed by atoms with Gasteiger partial charge in [0.05, 0.1) is 6.10 Å². The van der Waals surface area contributed by atoms with Gasteiger partial charge in [-0.25, -0.2) is 4.79 Å². The number of hydrogen-bond acceptors (Lipinski definition) is 5. The molecule has 8 nitrogen and oxygen atoms in total. The summed E-state index contributed by atoms with van der Waals surface area (Å²) in [6.07, 6.45) is 1.09. The molecule has 0 spiro atoms. The lowest BCUT2D eigenvalue weighted by atomic mass is 9.97. The number of benzene rings is 2. The summed E-state index contributed by atoms with van der Waals surface area (Å²) in [5.74, 6) is -0.0197. The number of carbonyl (C=O) groups is 2. The summed E-state index contributed by atoms with van der Waals surface area (Å²) in [4.78, 5) is 32.2. The largest absolute Gasteiger partial charge is 0.465 e. The lowest BCUT2D eigenvalue weighted by molar-refractivity contribution is 0.0493. The number of hydrogen-bond donors (Lipinski definition) is 2. The molecule has 186 valence electrons. The quantitative estimate of drug-likeness (QED) is 0.686. The summed E-state index contributed by atoms with van der Waals surface area (Å²) in [5.41, 5.74) is 5.50. The van der Waals surface area contributed by atoms with Crippen LogP contribution >= 0.6 is 0 Å². The standard InChI is InChI=1S/C27H34N4O4/c32-24(18-28-12-8-20-4-1-2-5-22(20)17-28)19-31-13-9-21-16-23(6-7-25(21)26(31)33)29-10-3-11-30(15-14-29)27(34)35/h1-2,4-7,16,24,32H,3,8-15,17-19H2,(H,34,35). The number of carbonyl (C=O) groups excluding carboxylic acids is 1. The number of aliphatic hydroxyl groups excluding tert-OH is 1. The Morgan fingerprint density at radius 1 is 0.886 bits per heavy atom. The molecule has 1 fully saturated rings. The van der Waals surface area contributed by atoms with Gasteiger partial charge < -0.3 is 24.9 Å². The third-order valence-electron chi connectivity index (χ3n) is 7.50. The van der Waals surface area contributed by atoms with Crippen molar-refractivity contribution in [3.63, 3.8) is 0 Å². The van der Waals surface area contributed by atoms with Crippen LogP contribution in [0.25, 0.3) is 0 Å². The normalized spacial score (nSPS) is 19.7. The van der Waals surface area contributed by atoms with Crippen LogP contribution in [0.1, 0.15) is 33.5 Å². The smallest absolute Gasteiger partial charge is 0.407 e. The van der Waals surface area contributed by atoms with Gasteiger partial charge in [-0.2, -0.15) is 0 Å². The van der Waals surface area contributed by atoms with E-state index in [2.05, 4.69) is 40.1 Å². The number of aliphatic hydroxyl groups is 1. The van der Waals surface area contributed by atoms with Crippen molar-refractivity contribution >= 4 is 17.7 Å². The van der Waals surface area contributed by atoms with Crippen LogP contribution in [-0.2, 0) is 19.4 Å². The summed E-state index contributed by atoms with van der Waals surface area (Å²) in [6, 6.07) is 14.4. The average Bonchev–Trinajstić information content (AvgIpc) is 3.12. The van der Waals surface area contributed by atoms with Gasteiger partial charge in [0.25, 0.3) is 5.91 Å². The predicted octanol–water partition coefficient (Wildman–Crippen LogP) is 2.29. The number of anilines is 1. The Hall–Kier alpha value is -3.10. The molecule has 0 aliphatic carbocycles. The summed E-state index contributed by atoms with van der Waals surface area (Å²) in [6.45, 7) is 5.76. The van der Waals surface area contributed by atoms with Gasteiger partial charge in [-0.3, -0.25) is 9.69 Å². The first-order valence-electron chi connectivity index (χ1n) is 12.6. The predicted molar refractivity (Wildman–Crippen MR) is 134 cm³/mol. The highest BCUT2D eigenvalue weighted by atomic mass is 16.4. The van der Waals surface area contributed by atoms with E-state index in [4.69, 9.17) is 0 Å². The molecule has 1 saturated heterocycles. The third kappa shape index (κ3) is 5.28. The van der Waals surface area contributed by atoms with E-state index in [1.807, 2.05) is 12.1 Å². The van der Waals surface area contributed by atoms with Crippen molar-refractivity contribution in [1.82, 2.24) is 14.7 Å². The Morgan fingerprint density at radius 2 is 1.69 bits per heavy atom. The Labute approximate surface area is 206 Å². The second-order valence-corrected chi connectivity index (χ2v) is 9.86. The lowest BCUT2D eigenvalue weighted by Gasteiger charge is -2.34. The molecule has 0 aromatic heterocycles. The Kier molecular flexibility index (Phi) is 6.92. The fraction of sp³-hybridized carbons (Fsp3) is 0.481. The van der Waals surface area contributed by atoms with Gasteiger partial charge in [-0.1, -0.05) is 24.3 Å². The second kappa shape index (κ2) is 10.3. The maximum atomic E-state index is 13.2. The molecule has 0 saturated carbocycles. The van der Waals surface area contributed by atoms with Crippen LogP contribution in [0.4, 0.5) is 10.5 Å². The molecule has 3 aliphatic rings. The van der Waals surface area contributed by atoms with Gasteiger partial charge in [0.15, 0.2) is 0 Å². The molecule has 2 N–H and O–H groups in total. The fourth-order valence-corrected chi connectivity index (χ4v) is 5.58. The van der Waals surface area contributed by atoms with Crippen LogP contribution in [0.15, 0.2) is 42.5 Å². The van der Waals surface area contributed by atoms with Crippen LogP contribution in [0.3, 0.4) is 0 Å². The summed E-state index contributed by atoms with van der Waals surface area (Å²) < 4.78 is 0. The zero-order valence-corrected chi connectivity index (χ0v) is 20.1. The van der Waals surface area contributed by atoms with Crippen LogP contribution in [0, 0.1) is 0 Å². The van der Waals surface area contributed by atoms with Gasteiger partial charge in [0, 0.05) is 70.2 Å². The Morgan fingerprint density at radius 3 is 2.51 bits per heavy atom. The molecule has 1 unspecified atom stereocenters. The molecule has 8 heteroatoms. The average molecular weight is 479 g/mol. The van der Waals surface area contributed by atoms with E-state index in [0.29, 0.717) is 44.8 Å². The maximum Gasteiger partial charge on any atom is 0.407 e. The molecule has 2 amide bonds. The van der Waals surface area contributed by atoms with Crippen LogP contribution in [0.2, 0.25) is 0 Å². The van der Waals surface area contributed by atoms with E-state index in [9.17, 15) is 19.8 Å². The van der Waals surface area contributed by atoms with Crippen molar-refractivity contribution in [3.8, 4) is 0 Å². The summed E-state index contributed by atoms with van der Waals surface area (Å²) >= 11 is 0. The number of amides is 2. The van der Waals surface area contributed by atoms with Crippen LogP contribution < -0.4 is 4.90 Å². The monoisotopic (exact) mass is 478 g/mol. The molecule has 2 aromatic carbocycles. The van der Waals surface area contributed by atoms with Crippen LogP contribution in [0.5, 0.6) is 0 Å². The maximum absolute atomic E-state index is 13.2. The van der Waals surface area contributed by atoms with Crippen molar-refractivity contribution in [2.45, 2.75) is 31.9 Å². The number of carboxylic acid groups (broad SMARTS) is 1. The van der Waals surface area contributed by atoms with E-state index in [0.717, 1.165) is 50.1 Å². The molecule has 1 atom stereocenters. The molecule has 5 rings (SSSR count). The van der Waals surface area contributed by atoms with Crippen molar-refractivity contribution in [1.29, 1.82) is 0 Å². The summed E-state index contributed by atoms with van der Waals surface area (Å²) in [7, 11) is 0. The van der Waals surface area contributed by atoms with Gasteiger partial charge in [-0.15, -0.1) is 0 Å². The Balaban J connectivity index is 1.18.